The normalized spacial score (nSPS) is 11.8. The minimum atomic E-state index is -0.236. The number of ether oxygens (including phenoxy) is 2. The van der Waals surface area contributed by atoms with E-state index in [0.29, 0.717) is 19.6 Å². The van der Waals surface area contributed by atoms with Crippen molar-refractivity contribution in [1.82, 2.24) is 14.9 Å². The molecular weight excluding hydrogens is 402 g/mol. The van der Waals surface area contributed by atoms with Crippen LogP contribution in [0.4, 0.5) is 0 Å². The Bertz CT molecular complexity index is 1170. The van der Waals surface area contributed by atoms with Crippen molar-refractivity contribution in [2.24, 2.45) is 0 Å². The third kappa shape index (κ3) is 5.09. The van der Waals surface area contributed by atoms with Gasteiger partial charge in [-0.05, 0) is 48.9 Å². The number of imidazole rings is 1. The van der Waals surface area contributed by atoms with E-state index in [1.165, 1.54) is 0 Å². The highest BCUT2D eigenvalue weighted by Gasteiger charge is 2.18. The van der Waals surface area contributed by atoms with Crippen molar-refractivity contribution in [3.63, 3.8) is 0 Å². The molecule has 1 amide bonds. The number of rotatable bonds is 9. The molecule has 1 heterocycles. The molecule has 4 rings (SSSR count). The van der Waals surface area contributed by atoms with Crippen molar-refractivity contribution < 1.29 is 14.3 Å². The largest absolute Gasteiger partial charge is 0.497 e. The highest BCUT2D eigenvalue weighted by molar-refractivity contribution is 5.79. The summed E-state index contributed by atoms with van der Waals surface area (Å²) in [5.74, 6) is 2.35. The fourth-order valence-electron chi connectivity index (χ4n) is 3.72. The number of nitrogens with zero attached hydrogens (tertiary/aromatic N) is 2. The molecule has 0 aliphatic rings. The number of benzene rings is 3. The fraction of sp³-hybridized carbons (Fsp3) is 0.231. The molecule has 1 N–H and O–H groups in total. The molecular formula is C26H27N3O3. The maximum atomic E-state index is 12.6. The van der Waals surface area contributed by atoms with Crippen LogP contribution in [0.5, 0.6) is 11.5 Å². The maximum absolute atomic E-state index is 12.6. The van der Waals surface area contributed by atoms with Gasteiger partial charge in [-0.25, -0.2) is 4.98 Å². The number of para-hydroxylation sites is 2. The van der Waals surface area contributed by atoms with Gasteiger partial charge in [0.2, 0.25) is 5.91 Å². The number of methoxy groups -OCH3 is 1. The van der Waals surface area contributed by atoms with Crippen LogP contribution in [0, 0.1) is 0 Å². The minimum Gasteiger partial charge on any atom is -0.497 e. The summed E-state index contributed by atoms with van der Waals surface area (Å²) in [4.78, 5) is 17.4. The molecule has 0 saturated carbocycles. The number of hydrogen-bond acceptors (Lipinski definition) is 4. The SMILES string of the molecule is COc1ccc(OCCn2c(C(C)NC(=O)Cc3ccccc3)nc3ccccc32)cc1. The highest BCUT2D eigenvalue weighted by atomic mass is 16.5. The Labute approximate surface area is 187 Å². The van der Waals surface area contributed by atoms with Crippen molar-refractivity contribution in [1.29, 1.82) is 0 Å². The molecule has 6 nitrogen and oxygen atoms in total. The predicted molar refractivity (Wildman–Crippen MR) is 125 cm³/mol. The second-order valence-corrected chi connectivity index (χ2v) is 7.59. The van der Waals surface area contributed by atoms with Crippen LogP contribution >= 0.6 is 0 Å². The number of amides is 1. The van der Waals surface area contributed by atoms with Gasteiger partial charge in [0.1, 0.15) is 23.9 Å². The van der Waals surface area contributed by atoms with Crippen molar-refractivity contribution in [3.05, 3.63) is 90.3 Å². The molecule has 1 aromatic heterocycles. The van der Waals surface area contributed by atoms with E-state index in [9.17, 15) is 4.79 Å². The van der Waals surface area contributed by atoms with Gasteiger partial charge in [0.05, 0.1) is 37.2 Å². The van der Waals surface area contributed by atoms with Crippen LogP contribution in [-0.2, 0) is 17.8 Å². The maximum Gasteiger partial charge on any atom is 0.224 e. The number of hydrogen-bond donors (Lipinski definition) is 1. The summed E-state index contributed by atoms with van der Waals surface area (Å²) >= 11 is 0. The summed E-state index contributed by atoms with van der Waals surface area (Å²) in [5.41, 5.74) is 2.90. The van der Waals surface area contributed by atoms with Gasteiger partial charge in [0, 0.05) is 0 Å². The topological polar surface area (TPSA) is 65.4 Å². The molecule has 0 radical (unpaired) electrons. The first-order valence-electron chi connectivity index (χ1n) is 10.7. The van der Waals surface area contributed by atoms with E-state index in [-0.39, 0.29) is 11.9 Å². The van der Waals surface area contributed by atoms with Crippen LogP contribution in [0.25, 0.3) is 11.0 Å². The number of carbonyl (C=O) groups excluding carboxylic acids is 1. The van der Waals surface area contributed by atoms with Crippen molar-refractivity contribution in [2.45, 2.75) is 25.9 Å². The van der Waals surface area contributed by atoms with Crippen LogP contribution in [0.1, 0.15) is 24.4 Å². The van der Waals surface area contributed by atoms with Gasteiger partial charge in [0.25, 0.3) is 0 Å². The Morgan fingerprint density at radius 3 is 2.41 bits per heavy atom. The van der Waals surface area contributed by atoms with Crippen molar-refractivity contribution in [3.8, 4) is 11.5 Å². The van der Waals surface area contributed by atoms with Crippen molar-refractivity contribution in [2.75, 3.05) is 13.7 Å². The zero-order chi connectivity index (χ0) is 22.3. The van der Waals surface area contributed by atoms with Gasteiger partial charge in [-0.2, -0.15) is 0 Å². The van der Waals surface area contributed by atoms with Crippen LogP contribution in [0.3, 0.4) is 0 Å². The summed E-state index contributed by atoms with van der Waals surface area (Å²) in [5, 5.41) is 3.09. The zero-order valence-electron chi connectivity index (χ0n) is 18.3. The smallest absolute Gasteiger partial charge is 0.224 e. The first-order valence-corrected chi connectivity index (χ1v) is 10.7. The summed E-state index contributed by atoms with van der Waals surface area (Å²) in [6.45, 7) is 3.05. The Hall–Kier alpha value is -3.80. The first-order chi connectivity index (χ1) is 15.6. The summed E-state index contributed by atoms with van der Waals surface area (Å²) in [6, 6.07) is 25.0. The van der Waals surface area contributed by atoms with E-state index < -0.39 is 0 Å². The number of aromatic nitrogens is 2. The zero-order valence-corrected chi connectivity index (χ0v) is 18.3. The van der Waals surface area contributed by atoms with E-state index in [4.69, 9.17) is 14.5 Å². The average molecular weight is 430 g/mol. The monoisotopic (exact) mass is 429 g/mol. The molecule has 6 heteroatoms. The second kappa shape index (κ2) is 10.0. The van der Waals surface area contributed by atoms with E-state index in [0.717, 1.165) is 33.9 Å². The molecule has 3 aromatic carbocycles. The predicted octanol–water partition coefficient (Wildman–Crippen LogP) is 4.54. The molecule has 1 atom stereocenters. The lowest BCUT2D eigenvalue weighted by molar-refractivity contribution is -0.121. The standard InChI is InChI=1S/C26H27N3O3/c1-19(27-25(30)18-20-8-4-3-5-9-20)26-28-23-10-6-7-11-24(23)29(26)16-17-32-22-14-12-21(31-2)13-15-22/h3-15,19H,16-18H2,1-2H3,(H,27,30). The molecule has 1 unspecified atom stereocenters. The summed E-state index contributed by atoms with van der Waals surface area (Å²) in [7, 11) is 1.64. The van der Waals surface area contributed by atoms with Gasteiger partial charge < -0.3 is 19.4 Å². The quantitative estimate of drug-likeness (QED) is 0.424. The fourth-order valence-corrected chi connectivity index (χ4v) is 3.72. The summed E-state index contributed by atoms with van der Waals surface area (Å²) in [6.07, 6.45) is 0.339. The van der Waals surface area contributed by atoms with E-state index in [1.807, 2.05) is 85.8 Å². The first kappa shape index (κ1) is 21.4. The van der Waals surface area contributed by atoms with Gasteiger partial charge in [-0.1, -0.05) is 42.5 Å². The van der Waals surface area contributed by atoms with E-state index in [1.54, 1.807) is 7.11 Å². The second-order valence-electron chi connectivity index (χ2n) is 7.59. The Morgan fingerprint density at radius 2 is 1.66 bits per heavy atom. The lowest BCUT2D eigenvalue weighted by Crippen LogP contribution is -2.30. The molecule has 164 valence electrons. The molecule has 32 heavy (non-hydrogen) atoms. The average Bonchev–Trinajstić information content (AvgIpc) is 3.19. The molecule has 0 fully saturated rings. The van der Waals surface area contributed by atoms with Crippen molar-refractivity contribution >= 4 is 16.9 Å². The molecule has 0 bridgehead atoms. The van der Waals surface area contributed by atoms with Gasteiger partial charge in [-0.3, -0.25) is 4.79 Å². The van der Waals surface area contributed by atoms with Crippen LogP contribution in [0.2, 0.25) is 0 Å². The molecule has 0 saturated heterocycles. The van der Waals surface area contributed by atoms with Crippen LogP contribution in [-0.4, -0.2) is 29.2 Å². The Kier molecular flexibility index (Phi) is 6.70. The third-order valence-corrected chi connectivity index (χ3v) is 5.30. The van der Waals surface area contributed by atoms with Crippen LogP contribution < -0.4 is 14.8 Å². The lowest BCUT2D eigenvalue weighted by Gasteiger charge is -2.17. The molecule has 0 spiro atoms. The number of carbonyl (C=O) groups is 1. The van der Waals surface area contributed by atoms with Gasteiger partial charge in [-0.15, -0.1) is 0 Å². The molecule has 0 aliphatic carbocycles. The molecule has 4 aromatic rings. The Morgan fingerprint density at radius 1 is 0.969 bits per heavy atom. The van der Waals surface area contributed by atoms with Crippen LogP contribution in [0.15, 0.2) is 78.9 Å². The highest BCUT2D eigenvalue weighted by Crippen LogP contribution is 2.22. The Balaban J connectivity index is 1.47. The minimum absolute atomic E-state index is 0.0308. The van der Waals surface area contributed by atoms with Gasteiger partial charge >= 0.3 is 0 Å². The molecule has 0 aliphatic heterocycles. The summed E-state index contributed by atoms with van der Waals surface area (Å²) < 4.78 is 13.2. The van der Waals surface area contributed by atoms with E-state index >= 15 is 0 Å². The number of fused-ring (bicyclic) bond motifs is 1. The number of nitrogens with one attached hydrogen (secondary N) is 1. The third-order valence-electron chi connectivity index (χ3n) is 5.30. The lowest BCUT2D eigenvalue weighted by atomic mass is 10.1. The van der Waals surface area contributed by atoms with Gasteiger partial charge in [0.15, 0.2) is 0 Å². The van der Waals surface area contributed by atoms with E-state index in [2.05, 4.69) is 9.88 Å².